The minimum atomic E-state index is -0.00944. The maximum Gasteiger partial charge on any atom is 0.0643 e. The first kappa shape index (κ1) is 12.1. The Kier molecular flexibility index (Phi) is 3.80. The van der Waals surface area contributed by atoms with E-state index in [1.54, 1.807) is 0 Å². The second-order valence-corrected chi connectivity index (χ2v) is 4.81. The molecule has 0 fully saturated rings. The fourth-order valence-corrected chi connectivity index (χ4v) is 2.32. The van der Waals surface area contributed by atoms with Crippen LogP contribution in [-0.2, 0) is 6.42 Å². The van der Waals surface area contributed by atoms with Crippen molar-refractivity contribution in [2.75, 3.05) is 0 Å². The van der Waals surface area contributed by atoms with Crippen molar-refractivity contribution in [2.45, 2.75) is 25.6 Å². The molecule has 0 amide bonds. The van der Waals surface area contributed by atoms with Crippen LogP contribution in [0.25, 0.3) is 0 Å². The van der Waals surface area contributed by atoms with E-state index < -0.39 is 0 Å². The number of aromatic nitrogens is 1. The van der Waals surface area contributed by atoms with E-state index in [4.69, 9.17) is 11.6 Å². The molecule has 2 heteroatoms. The second kappa shape index (κ2) is 5.33. The first-order valence-electron chi connectivity index (χ1n) is 5.78. The van der Waals surface area contributed by atoms with Gasteiger partial charge in [0.05, 0.1) is 5.38 Å². The molecule has 0 aliphatic carbocycles. The summed E-state index contributed by atoms with van der Waals surface area (Å²) in [6, 6.07) is 12.2. The van der Waals surface area contributed by atoms with Crippen molar-refractivity contribution < 1.29 is 0 Å². The molecular weight excluding hydrogens is 230 g/mol. The first-order valence-corrected chi connectivity index (χ1v) is 6.22. The third kappa shape index (κ3) is 2.86. The van der Waals surface area contributed by atoms with Gasteiger partial charge in [-0.05, 0) is 42.7 Å². The lowest BCUT2D eigenvalue weighted by molar-refractivity contribution is 0.871. The highest BCUT2D eigenvalue weighted by atomic mass is 35.5. The molecule has 0 spiro atoms. The van der Waals surface area contributed by atoms with Crippen LogP contribution in [0.3, 0.4) is 0 Å². The zero-order valence-electron chi connectivity index (χ0n) is 10.2. The number of nitrogens with zero attached hydrogens (tertiary/aromatic N) is 1. The SMILES string of the molecule is Cc1cccc(C(Cl)Cc2ccccn2)c1C. The fourth-order valence-electron chi connectivity index (χ4n) is 1.93. The molecule has 0 aliphatic heterocycles. The monoisotopic (exact) mass is 245 g/mol. The summed E-state index contributed by atoms with van der Waals surface area (Å²) in [5, 5.41) is -0.00944. The summed E-state index contributed by atoms with van der Waals surface area (Å²) in [5.74, 6) is 0. The Bertz CT molecular complexity index is 494. The van der Waals surface area contributed by atoms with Crippen molar-refractivity contribution in [1.29, 1.82) is 0 Å². The summed E-state index contributed by atoms with van der Waals surface area (Å²) in [6.45, 7) is 4.24. The van der Waals surface area contributed by atoms with Crippen LogP contribution in [0.2, 0.25) is 0 Å². The molecule has 1 atom stereocenters. The average Bonchev–Trinajstić information content (AvgIpc) is 2.34. The second-order valence-electron chi connectivity index (χ2n) is 4.28. The molecular formula is C15H16ClN. The molecule has 1 aromatic heterocycles. The van der Waals surface area contributed by atoms with Crippen LogP contribution >= 0.6 is 11.6 Å². The maximum atomic E-state index is 6.48. The van der Waals surface area contributed by atoms with Gasteiger partial charge in [0.25, 0.3) is 0 Å². The van der Waals surface area contributed by atoms with Crippen molar-refractivity contribution in [3.05, 3.63) is 65.0 Å². The molecule has 0 aliphatic rings. The van der Waals surface area contributed by atoms with E-state index in [0.29, 0.717) is 0 Å². The smallest absolute Gasteiger partial charge is 0.0643 e. The topological polar surface area (TPSA) is 12.9 Å². The Morgan fingerprint density at radius 3 is 2.65 bits per heavy atom. The van der Waals surface area contributed by atoms with Crippen molar-refractivity contribution in [2.24, 2.45) is 0 Å². The van der Waals surface area contributed by atoms with Gasteiger partial charge < -0.3 is 0 Å². The number of hydrogen-bond acceptors (Lipinski definition) is 1. The predicted molar refractivity (Wildman–Crippen MR) is 72.5 cm³/mol. The Hall–Kier alpha value is -1.34. The van der Waals surface area contributed by atoms with Gasteiger partial charge in [-0.3, -0.25) is 4.98 Å². The van der Waals surface area contributed by atoms with Crippen molar-refractivity contribution in [1.82, 2.24) is 4.98 Å². The summed E-state index contributed by atoms with van der Waals surface area (Å²) >= 11 is 6.48. The lowest BCUT2D eigenvalue weighted by Crippen LogP contribution is -2.01. The van der Waals surface area contributed by atoms with Crippen LogP contribution in [0, 0.1) is 13.8 Å². The lowest BCUT2D eigenvalue weighted by Gasteiger charge is -2.14. The standard InChI is InChI=1S/C15H16ClN/c1-11-6-5-8-14(12(11)2)15(16)10-13-7-3-4-9-17-13/h3-9,15H,10H2,1-2H3. The molecule has 1 heterocycles. The van der Waals surface area contributed by atoms with Gasteiger partial charge in [0.2, 0.25) is 0 Å². The van der Waals surface area contributed by atoms with Gasteiger partial charge in [0, 0.05) is 18.3 Å². The summed E-state index contributed by atoms with van der Waals surface area (Å²) < 4.78 is 0. The number of pyridine rings is 1. The highest BCUT2D eigenvalue weighted by Gasteiger charge is 2.12. The molecule has 0 bridgehead atoms. The minimum absolute atomic E-state index is 0.00944. The van der Waals surface area contributed by atoms with E-state index in [1.165, 1.54) is 16.7 Å². The van der Waals surface area contributed by atoms with Gasteiger partial charge in [0.15, 0.2) is 0 Å². The van der Waals surface area contributed by atoms with Crippen molar-refractivity contribution >= 4 is 11.6 Å². The normalized spacial score (nSPS) is 12.4. The lowest BCUT2D eigenvalue weighted by atomic mass is 9.98. The molecule has 0 saturated heterocycles. The highest BCUT2D eigenvalue weighted by molar-refractivity contribution is 6.21. The fraction of sp³-hybridized carbons (Fsp3) is 0.267. The zero-order valence-corrected chi connectivity index (χ0v) is 10.9. The quantitative estimate of drug-likeness (QED) is 0.738. The van der Waals surface area contributed by atoms with Crippen LogP contribution in [0.15, 0.2) is 42.6 Å². The maximum absolute atomic E-state index is 6.48. The van der Waals surface area contributed by atoms with Crippen LogP contribution in [0.4, 0.5) is 0 Å². The largest absolute Gasteiger partial charge is 0.261 e. The van der Waals surface area contributed by atoms with Crippen LogP contribution in [0.1, 0.15) is 27.8 Å². The van der Waals surface area contributed by atoms with Crippen LogP contribution in [0.5, 0.6) is 0 Å². The number of halogens is 1. The minimum Gasteiger partial charge on any atom is -0.261 e. The number of alkyl halides is 1. The van der Waals surface area contributed by atoms with E-state index in [-0.39, 0.29) is 5.38 Å². The van der Waals surface area contributed by atoms with Gasteiger partial charge >= 0.3 is 0 Å². The van der Waals surface area contributed by atoms with E-state index in [1.807, 2.05) is 24.4 Å². The number of rotatable bonds is 3. The van der Waals surface area contributed by atoms with Gasteiger partial charge in [-0.1, -0.05) is 24.3 Å². The Morgan fingerprint density at radius 1 is 1.12 bits per heavy atom. The summed E-state index contributed by atoms with van der Waals surface area (Å²) in [7, 11) is 0. The molecule has 88 valence electrons. The molecule has 0 saturated carbocycles. The van der Waals surface area contributed by atoms with Gasteiger partial charge in [-0.25, -0.2) is 0 Å². The zero-order chi connectivity index (χ0) is 12.3. The third-order valence-electron chi connectivity index (χ3n) is 3.10. The van der Waals surface area contributed by atoms with Crippen molar-refractivity contribution in [3.63, 3.8) is 0 Å². The highest BCUT2D eigenvalue weighted by Crippen LogP contribution is 2.28. The molecule has 2 rings (SSSR count). The molecule has 1 unspecified atom stereocenters. The summed E-state index contributed by atoms with van der Waals surface area (Å²) in [4.78, 5) is 4.31. The summed E-state index contributed by atoms with van der Waals surface area (Å²) in [6.07, 6.45) is 2.58. The van der Waals surface area contributed by atoms with Gasteiger partial charge in [-0.2, -0.15) is 0 Å². The van der Waals surface area contributed by atoms with Crippen LogP contribution in [-0.4, -0.2) is 4.98 Å². The Balaban J connectivity index is 2.20. The Morgan fingerprint density at radius 2 is 1.94 bits per heavy atom. The molecule has 17 heavy (non-hydrogen) atoms. The average molecular weight is 246 g/mol. The molecule has 1 aromatic carbocycles. The van der Waals surface area contributed by atoms with Gasteiger partial charge in [-0.15, -0.1) is 11.6 Å². The van der Waals surface area contributed by atoms with E-state index in [9.17, 15) is 0 Å². The molecule has 0 radical (unpaired) electrons. The van der Waals surface area contributed by atoms with Crippen molar-refractivity contribution in [3.8, 4) is 0 Å². The number of hydrogen-bond donors (Lipinski definition) is 0. The molecule has 2 aromatic rings. The van der Waals surface area contributed by atoms with Gasteiger partial charge in [0.1, 0.15) is 0 Å². The number of benzene rings is 1. The van der Waals surface area contributed by atoms with E-state index in [0.717, 1.165) is 12.1 Å². The van der Waals surface area contributed by atoms with E-state index >= 15 is 0 Å². The molecule has 0 N–H and O–H groups in total. The Labute approximate surface area is 107 Å². The molecule has 1 nitrogen and oxygen atoms in total. The van der Waals surface area contributed by atoms with E-state index in [2.05, 4.69) is 37.0 Å². The predicted octanol–water partition coefficient (Wildman–Crippen LogP) is 4.22. The first-order chi connectivity index (χ1) is 8.18. The van der Waals surface area contributed by atoms with Crippen LogP contribution < -0.4 is 0 Å². The summed E-state index contributed by atoms with van der Waals surface area (Å²) in [5.41, 5.74) is 4.81. The number of aryl methyl sites for hydroxylation is 1. The third-order valence-corrected chi connectivity index (χ3v) is 3.49.